The molecule has 0 spiro atoms. The highest BCUT2D eigenvalue weighted by atomic mass is 16.5. The third-order valence-electron chi connectivity index (χ3n) is 6.78. The van der Waals surface area contributed by atoms with Crippen LogP contribution in [0.25, 0.3) is 38.1 Å². The van der Waals surface area contributed by atoms with Gasteiger partial charge in [0, 0.05) is 46.5 Å². The minimum Gasteiger partial charge on any atom is -0.483 e. The van der Waals surface area contributed by atoms with Gasteiger partial charge in [-0.05, 0) is 43.5 Å². The van der Waals surface area contributed by atoms with E-state index in [2.05, 4.69) is 16.9 Å². The maximum atomic E-state index is 13.5. The largest absolute Gasteiger partial charge is 0.483 e. The highest BCUT2D eigenvalue weighted by Gasteiger charge is 2.22. The second kappa shape index (κ2) is 8.67. The van der Waals surface area contributed by atoms with Crippen LogP contribution >= 0.6 is 0 Å². The van der Waals surface area contributed by atoms with Crippen molar-refractivity contribution in [1.82, 2.24) is 14.7 Å². The molecule has 6 rings (SSSR count). The fourth-order valence-corrected chi connectivity index (χ4v) is 5.22. The van der Waals surface area contributed by atoms with Crippen molar-refractivity contribution >= 4 is 44.0 Å². The highest BCUT2D eigenvalue weighted by molar-refractivity contribution is 6.19. The molecule has 0 radical (unpaired) electrons. The van der Waals surface area contributed by atoms with Crippen molar-refractivity contribution in [3.8, 4) is 5.75 Å². The van der Waals surface area contributed by atoms with Crippen molar-refractivity contribution < 1.29 is 14.3 Å². The number of aromatic nitrogens is 2. The third kappa shape index (κ3) is 3.51. The predicted molar refractivity (Wildman–Crippen MR) is 137 cm³/mol. The Bertz CT molecular complexity index is 1650. The van der Waals surface area contributed by atoms with Crippen LogP contribution in [-0.4, -0.2) is 41.2 Å². The molecule has 1 saturated heterocycles. The topological polar surface area (TPSA) is 81.9 Å². The van der Waals surface area contributed by atoms with E-state index in [-0.39, 0.29) is 24.2 Å². The lowest BCUT2D eigenvalue weighted by molar-refractivity contribution is -0.123. The van der Waals surface area contributed by atoms with Gasteiger partial charge in [0.1, 0.15) is 5.75 Å². The summed E-state index contributed by atoms with van der Waals surface area (Å²) in [6.45, 7) is 5.07. The van der Waals surface area contributed by atoms with Crippen LogP contribution in [0.5, 0.6) is 5.75 Å². The Morgan fingerprint density at radius 1 is 1.20 bits per heavy atom. The molecule has 5 aromatic rings. The molecule has 4 heterocycles. The number of hydrogen-bond acceptors (Lipinski definition) is 5. The van der Waals surface area contributed by atoms with Gasteiger partial charge in [-0.2, -0.15) is 0 Å². The molecule has 1 aliphatic heterocycles. The van der Waals surface area contributed by atoms with Gasteiger partial charge in [0.25, 0.3) is 11.5 Å². The molecule has 1 amide bonds. The number of benzene rings is 2. The number of nitrogens with one attached hydrogen (secondary N) is 1. The summed E-state index contributed by atoms with van der Waals surface area (Å²) in [5.74, 6) is 0.411. The van der Waals surface area contributed by atoms with E-state index in [4.69, 9.17) is 9.47 Å². The number of ether oxygens (including phenoxy) is 2. The monoisotopic (exact) mass is 467 g/mol. The van der Waals surface area contributed by atoms with Gasteiger partial charge < -0.3 is 14.8 Å². The minimum atomic E-state index is -0.192. The zero-order chi connectivity index (χ0) is 23.9. The summed E-state index contributed by atoms with van der Waals surface area (Å²) in [6.07, 6.45) is 6.18. The molecule has 7 heteroatoms. The lowest BCUT2D eigenvalue weighted by Gasteiger charge is -2.14. The Labute approximate surface area is 201 Å². The smallest absolute Gasteiger partial charge is 0.263 e. The second-order valence-electron chi connectivity index (χ2n) is 8.90. The zero-order valence-corrected chi connectivity index (χ0v) is 19.3. The van der Waals surface area contributed by atoms with Gasteiger partial charge in [0.2, 0.25) is 0 Å². The molecule has 1 atom stereocenters. The molecule has 35 heavy (non-hydrogen) atoms. The van der Waals surface area contributed by atoms with E-state index in [1.54, 1.807) is 16.7 Å². The summed E-state index contributed by atoms with van der Waals surface area (Å²) in [5, 5.41) is 6.21. The van der Waals surface area contributed by atoms with Crippen LogP contribution in [0.2, 0.25) is 0 Å². The van der Waals surface area contributed by atoms with Crippen molar-refractivity contribution in [2.45, 2.75) is 25.4 Å². The quantitative estimate of drug-likeness (QED) is 0.289. The summed E-state index contributed by atoms with van der Waals surface area (Å²) in [4.78, 5) is 30.6. The molecule has 0 aliphatic carbocycles. The molecule has 3 aromatic heterocycles. The van der Waals surface area contributed by atoms with Crippen LogP contribution in [-0.2, 0) is 16.0 Å². The van der Waals surface area contributed by atoms with E-state index in [0.717, 1.165) is 57.7 Å². The molecular weight excluding hydrogens is 442 g/mol. The fraction of sp³-hybridized carbons (Fsp3) is 0.250. The summed E-state index contributed by atoms with van der Waals surface area (Å²) >= 11 is 0. The first-order valence-electron chi connectivity index (χ1n) is 11.9. The number of hydrogen-bond donors (Lipinski definition) is 1. The van der Waals surface area contributed by atoms with Crippen molar-refractivity contribution in [2.75, 3.05) is 19.8 Å². The van der Waals surface area contributed by atoms with Gasteiger partial charge in [-0.1, -0.05) is 24.3 Å². The molecule has 0 bridgehead atoms. The highest BCUT2D eigenvalue weighted by Crippen LogP contribution is 2.38. The van der Waals surface area contributed by atoms with Gasteiger partial charge in [0.05, 0.1) is 22.7 Å². The average Bonchev–Trinajstić information content (AvgIpc) is 3.52. The van der Waals surface area contributed by atoms with Gasteiger partial charge in [-0.15, -0.1) is 6.58 Å². The second-order valence-corrected chi connectivity index (χ2v) is 8.90. The van der Waals surface area contributed by atoms with E-state index in [9.17, 15) is 9.59 Å². The first kappa shape index (κ1) is 21.6. The number of rotatable bonds is 7. The third-order valence-corrected chi connectivity index (χ3v) is 6.78. The van der Waals surface area contributed by atoms with Crippen LogP contribution in [0.3, 0.4) is 0 Å². The van der Waals surface area contributed by atoms with Gasteiger partial charge in [-0.25, -0.2) is 0 Å². The summed E-state index contributed by atoms with van der Waals surface area (Å²) in [6, 6.07) is 13.2. The van der Waals surface area contributed by atoms with Crippen LogP contribution < -0.4 is 15.6 Å². The number of allylic oxidation sites excluding steroid dienone is 1. The lowest BCUT2D eigenvalue weighted by Crippen LogP contribution is -2.35. The lowest BCUT2D eigenvalue weighted by atomic mass is 10.0. The Balaban J connectivity index is 1.45. The maximum Gasteiger partial charge on any atom is 0.263 e. The van der Waals surface area contributed by atoms with Crippen LogP contribution in [0, 0.1) is 0 Å². The molecule has 1 N–H and O–H groups in total. The van der Waals surface area contributed by atoms with Crippen molar-refractivity contribution in [1.29, 1.82) is 0 Å². The minimum absolute atomic E-state index is 0.0761. The van der Waals surface area contributed by atoms with E-state index in [1.807, 2.05) is 42.5 Å². The number of amides is 1. The molecule has 0 unspecified atom stereocenters. The number of fused-ring (bicyclic) bond motifs is 5. The SMILES string of the molecule is C=CCc1c(OCC(=O)NC[C@@H]2CCCO2)ccc2c1c1ccnc3c4ccccc4c(=O)n2c13. The van der Waals surface area contributed by atoms with Gasteiger partial charge >= 0.3 is 0 Å². The summed E-state index contributed by atoms with van der Waals surface area (Å²) < 4.78 is 13.3. The molecule has 1 fully saturated rings. The van der Waals surface area contributed by atoms with Gasteiger partial charge in [-0.3, -0.25) is 19.0 Å². The Morgan fingerprint density at radius 3 is 2.86 bits per heavy atom. The summed E-state index contributed by atoms with van der Waals surface area (Å²) in [7, 11) is 0. The Kier molecular flexibility index (Phi) is 5.34. The van der Waals surface area contributed by atoms with Crippen molar-refractivity contribution in [2.24, 2.45) is 0 Å². The van der Waals surface area contributed by atoms with Crippen molar-refractivity contribution in [3.05, 3.63) is 77.2 Å². The number of carbonyl (C=O) groups is 1. The molecule has 176 valence electrons. The Hall–Kier alpha value is -3.97. The number of pyridine rings is 2. The van der Waals surface area contributed by atoms with Crippen LogP contribution in [0.15, 0.2) is 66.1 Å². The fourth-order valence-electron chi connectivity index (χ4n) is 5.22. The first-order valence-corrected chi connectivity index (χ1v) is 11.9. The van der Waals surface area contributed by atoms with E-state index < -0.39 is 0 Å². The normalized spacial score (nSPS) is 15.9. The van der Waals surface area contributed by atoms with E-state index >= 15 is 0 Å². The predicted octanol–water partition coefficient (Wildman–Crippen LogP) is 3.99. The standard InChI is InChI=1S/C28H25N3O4/c1-2-6-20-23(35-16-24(32)30-15-17-7-5-14-34-17)11-10-22-25(20)21-12-13-29-26-18-8-3-4-9-19(18)28(33)31(22)27(21)26/h2-4,8-13,17H,1,5-7,14-16H2,(H,30,32)/t17-/m0/s1. The number of carbonyl (C=O) groups excluding carboxylic acids is 1. The van der Waals surface area contributed by atoms with E-state index in [0.29, 0.717) is 24.1 Å². The average molecular weight is 468 g/mol. The molecule has 7 nitrogen and oxygen atoms in total. The van der Waals surface area contributed by atoms with Gasteiger partial charge in [0.15, 0.2) is 6.61 Å². The molecule has 1 aliphatic rings. The van der Waals surface area contributed by atoms with Crippen LogP contribution in [0.1, 0.15) is 18.4 Å². The van der Waals surface area contributed by atoms with Crippen LogP contribution in [0.4, 0.5) is 0 Å². The molecule has 0 saturated carbocycles. The zero-order valence-electron chi connectivity index (χ0n) is 19.3. The maximum absolute atomic E-state index is 13.5. The summed E-state index contributed by atoms with van der Waals surface area (Å²) in [5.41, 5.74) is 3.19. The molecular formula is C28H25N3O4. The number of nitrogens with zero attached hydrogens (tertiary/aromatic N) is 2. The Morgan fingerprint density at radius 2 is 2.06 bits per heavy atom. The van der Waals surface area contributed by atoms with E-state index in [1.165, 1.54) is 0 Å². The molecule has 2 aromatic carbocycles. The first-order chi connectivity index (χ1) is 17.2. The van der Waals surface area contributed by atoms with Crippen molar-refractivity contribution in [3.63, 3.8) is 0 Å².